The van der Waals surface area contributed by atoms with Crippen LogP contribution >= 0.6 is 0 Å². The molecule has 16 heavy (non-hydrogen) atoms. The van der Waals surface area contributed by atoms with E-state index in [4.69, 9.17) is 5.11 Å². The first-order valence-corrected chi connectivity index (χ1v) is 5.89. The zero-order valence-corrected chi connectivity index (χ0v) is 10.7. The Morgan fingerprint density at radius 3 is 2.69 bits per heavy atom. The second-order valence-electron chi connectivity index (χ2n) is 4.59. The van der Waals surface area contributed by atoms with Crippen molar-refractivity contribution in [3.8, 4) is 0 Å². The Kier molecular flexibility index (Phi) is 4.96. The van der Waals surface area contributed by atoms with Gasteiger partial charge in [-0.05, 0) is 32.7 Å². The standard InChI is InChI=1S/C12H23N3O/c1-9(5-6-16)7-13-10(2)12-8-15(4)14-11(12)3/h8-10,13,16H,5-7H2,1-4H3. The maximum absolute atomic E-state index is 8.83. The molecule has 1 aromatic rings. The van der Waals surface area contributed by atoms with Crippen LogP contribution in [-0.2, 0) is 7.05 Å². The fraction of sp³-hybridized carbons (Fsp3) is 0.750. The number of aryl methyl sites for hydroxylation is 2. The number of hydrogen-bond acceptors (Lipinski definition) is 3. The van der Waals surface area contributed by atoms with Crippen LogP contribution in [0.3, 0.4) is 0 Å². The molecule has 0 spiro atoms. The molecule has 2 N–H and O–H groups in total. The Morgan fingerprint density at radius 1 is 1.50 bits per heavy atom. The minimum absolute atomic E-state index is 0.267. The molecule has 0 saturated heterocycles. The van der Waals surface area contributed by atoms with Gasteiger partial charge < -0.3 is 10.4 Å². The topological polar surface area (TPSA) is 50.1 Å². The van der Waals surface area contributed by atoms with Gasteiger partial charge in [-0.15, -0.1) is 0 Å². The molecule has 2 unspecified atom stereocenters. The first kappa shape index (κ1) is 13.2. The van der Waals surface area contributed by atoms with Crippen LogP contribution in [0.25, 0.3) is 0 Å². The Hall–Kier alpha value is -0.870. The van der Waals surface area contributed by atoms with E-state index < -0.39 is 0 Å². The van der Waals surface area contributed by atoms with E-state index in [-0.39, 0.29) is 6.61 Å². The summed E-state index contributed by atoms with van der Waals surface area (Å²) >= 11 is 0. The zero-order valence-electron chi connectivity index (χ0n) is 10.7. The summed E-state index contributed by atoms with van der Waals surface area (Å²) in [5.41, 5.74) is 2.33. The minimum atomic E-state index is 0.267. The summed E-state index contributed by atoms with van der Waals surface area (Å²) in [6.45, 7) is 7.52. The molecule has 0 radical (unpaired) electrons. The summed E-state index contributed by atoms with van der Waals surface area (Å²) in [4.78, 5) is 0. The van der Waals surface area contributed by atoms with Crippen LogP contribution in [0.4, 0.5) is 0 Å². The first-order valence-electron chi connectivity index (χ1n) is 5.89. The first-order chi connectivity index (χ1) is 7.54. The molecule has 0 amide bonds. The third-order valence-corrected chi connectivity index (χ3v) is 2.91. The SMILES string of the molecule is Cc1nn(C)cc1C(C)NCC(C)CCO. The van der Waals surface area contributed by atoms with Gasteiger partial charge in [0.05, 0.1) is 5.69 Å². The fourth-order valence-electron chi connectivity index (χ4n) is 1.85. The normalized spacial score (nSPS) is 15.1. The van der Waals surface area contributed by atoms with E-state index in [1.165, 1.54) is 5.56 Å². The van der Waals surface area contributed by atoms with Crippen molar-refractivity contribution in [1.29, 1.82) is 0 Å². The van der Waals surface area contributed by atoms with Crippen LogP contribution in [0.2, 0.25) is 0 Å². The van der Waals surface area contributed by atoms with Gasteiger partial charge in [-0.3, -0.25) is 4.68 Å². The van der Waals surface area contributed by atoms with Crippen molar-refractivity contribution in [3.63, 3.8) is 0 Å². The summed E-state index contributed by atoms with van der Waals surface area (Å²) in [5.74, 6) is 0.504. The number of aliphatic hydroxyl groups is 1. The van der Waals surface area contributed by atoms with Gasteiger partial charge in [0.2, 0.25) is 0 Å². The molecule has 0 aliphatic rings. The summed E-state index contributed by atoms with van der Waals surface area (Å²) < 4.78 is 1.85. The van der Waals surface area contributed by atoms with Crippen molar-refractivity contribution >= 4 is 0 Å². The van der Waals surface area contributed by atoms with Crippen LogP contribution in [0.1, 0.15) is 37.6 Å². The number of nitrogens with one attached hydrogen (secondary N) is 1. The molecule has 0 saturated carbocycles. The van der Waals surface area contributed by atoms with Gasteiger partial charge in [0.1, 0.15) is 0 Å². The molecule has 0 aliphatic heterocycles. The zero-order chi connectivity index (χ0) is 12.1. The highest BCUT2D eigenvalue weighted by Crippen LogP contribution is 2.15. The van der Waals surface area contributed by atoms with Gasteiger partial charge in [-0.1, -0.05) is 6.92 Å². The fourth-order valence-corrected chi connectivity index (χ4v) is 1.85. The van der Waals surface area contributed by atoms with Crippen molar-refractivity contribution in [3.05, 3.63) is 17.5 Å². The van der Waals surface area contributed by atoms with Crippen LogP contribution in [-0.4, -0.2) is 28.0 Å². The van der Waals surface area contributed by atoms with E-state index >= 15 is 0 Å². The maximum Gasteiger partial charge on any atom is 0.0641 e. The van der Waals surface area contributed by atoms with E-state index in [9.17, 15) is 0 Å². The largest absolute Gasteiger partial charge is 0.396 e. The quantitative estimate of drug-likeness (QED) is 0.769. The van der Waals surface area contributed by atoms with Crippen LogP contribution in [0, 0.1) is 12.8 Å². The molecule has 1 heterocycles. The van der Waals surface area contributed by atoms with Gasteiger partial charge in [0.25, 0.3) is 0 Å². The highest BCUT2D eigenvalue weighted by atomic mass is 16.3. The summed E-state index contributed by atoms with van der Waals surface area (Å²) in [6.07, 6.45) is 2.91. The number of aliphatic hydroxyl groups excluding tert-OH is 1. The Labute approximate surface area is 97.7 Å². The lowest BCUT2D eigenvalue weighted by atomic mass is 10.1. The van der Waals surface area contributed by atoms with Crippen LogP contribution in [0.5, 0.6) is 0 Å². The third-order valence-electron chi connectivity index (χ3n) is 2.91. The second-order valence-corrected chi connectivity index (χ2v) is 4.59. The average Bonchev–Trinajstić information content (AvgIpc) is 2.55. The lowest BCUT2D eigenvalue weighted by Gasteiger charge is -2.16. The highest BCUT2D eigenvalue weighted by molar-refractivity contribution is 5.19. The number of rotatable bonds is 6. The predicted molar refractivity (Wildman–Crippen MR) is 65.2 cm³/mol. The molecule has 1 rings (SSSR count). The Balaban J connectivity index is 2.46. The van der Waals surface area contributed by atoms with Crippen molar-refractivity contribution in [1.82, 2.24) is 15.1 Å². The van der Waals surface area contributed by atoms with Crippen LogP contribution in [0.15, 0.2) is 6.20 Å². The van der Waals surface area contributed by atoms with Crippen molar-refractivity contribution in [2.24, 2.45) is 13.0 Å². The second kappa shape index (κ2) is 6.01. The maximum atomic E-state index is 8.83. The lowest BCUT2D eigenvalue weighted by molar-refractivity contribution is 0.258. The van der Waals surface area contributed by atoms with E-state index in [1.807, 2.05) is 18.7 Å². The molecule has 92 valence electrons. The highest BCUT2D eigenvalue weighted by Gasteiger charge is 2.12. The molecule has 0 aliphatic carbocycles. The molecule has 0 aromatic carbocycles. The summed E-state index contributed by atoms with van der Waals surface area (Å²) in [5, 5.41) is 16.6. The van der Waals surface area contributed by atoms with E-state index in [2.05, 4.69) is 30.5 Å². The number of aromatic nitrogens is 2. The molecule has 0 fully saturated rings. The van der Waals surface area contributed by atoms with E-state index in [1.54, 1.807) is 0 Å². The molecule has 4 nitrogen and oxygen atoms in total. The van der Waals surface area contributed by atoms with Crippen molar-refractivity contribution in [2.75, 3.05) is 13.2 Å². The van der Waals surface area contributed by atoms with Gasteiger partial charge in [-0.25, -0.2) is 0 Å². The van der Waals surface area contributed by atoms with Gasteiger partial charge in [-0.2, -0.15) is 5.10 Å². The predicted octanol–water partition coefficient (Wildman–Crippen LogP) is 1.40. The molecule has 0 bridgehead atoms. The monoisotopic (exact) mass is 225 g/mol. The smallest absolute Gasteiger partial charge is 0.0641 e. The van der Waals surface area contributed by atoms with Gasteiger partial charge in [0, 0.05) is 31.5 Å². The molecular formula is C12H23N3O. The number of hydrogen-bond donors (Lipinski definition) is 2. The summed E-state index contributed by atoms with van der Waals surface area (Å²) in [7, 11) is 1.94. The Bertz CT molecular complexity index is 322. The third kappa shape index (κ3) is 3.61. The van der Waals surface area contributed by atoms with Crippen LogP contribution < -0.4 is 5.32 Å². The van der Waals surface area contributed by atoms with E-state index in [0.29, 0.717) is 12.0 Å². The summed E-state index contributed by atoms with van der Waals surface area (Å²) in [6, 6.07) is 0.315. The molecular weight excluding hydrogens is 202 g/mol. The number of nitrogens with zero attached hydrogens (tertiary/aromatic N) is 2. The molecule has 2 atom stereocenters. The van der Waals surface area contributed by atoms with Gasteiger partial charge in [0.15, 0.2) is 0 Å². The minimum Gasteiger partial charge on any atom is -0.396 e. The Morgan fingerprint density at radius 2 is 2.19 bits per heavy atom. The molecule has 4 heteroatoms. The lowest BCUT2D eigenvalue weighted by Crippen LogP contribution is -2.25. The van der Waals surface area contributed by atoms with Crippen molar-refractivity contribution < 1.29 is 5.11 Å². The van der Waals surface area contributed by atoms with Gasteiger partial charge >= 0.3 is 0 Å². The van der Waals surface area contributed by atoms with Crippen molar-refractivity contribution in [2.45, 2.75) is 33.2 Å². The van der Waals surface area contributed by atoms with E-state index in [0.717, 1.165) is 18.7 Å². The molecule has 1 aromatic heterocycles. The average molecular weight is 225 g/mol.